The molecule has 0 unspecified atom stereocenters. The molecular weight excluding hydrogens is 1460 g/mol. The Kier molecular flexibility index (Phi) is 28.3. The summed E-state index contributed by atoms with van der Waals surface area (Å²) in [7, 11) is 1.62. The highest BCUT2D eigenvalue weighted by Gasteiger charge is 2.35. The van der Waals surface area contributed by atoms with Crippen molar-refractivity contribution in [1.82, 2.24) is 92.1 Å². The van der Waals surface area contributed by atoms with Crippen LogP contribution in [0.1, 0.15) is 49.8 Å². The number of hydrogen-bond acceptors (Lipinski definition) is 24. The van der Waals surface area contributed by atoms with Gasteiger partial charge < -0.3 is 95.9 Å². The number of hydrogen-bond donors (Lipinski definition) is 12. The number of carboxylic acid groups (broad SMARTS) is 1. The zero-order valence-corrected chi connectivity index (χ0v) is 62.0. The van der Waals surface area contributed by atoms with E-state index in [1.165, 1.54) is 4.68 Å². The van der Waals surface area contributed by atoms with E-state index in [4.69, 9.17) is 78.9 Å². The third-order valence-electron chi connectivity index (χ3n) is 18.1. The first kappa shape index (κ1) is 80.1. The first-order chi connectivity index (χ1) is 55.1. The van der Waals surface area contributed by atoms with Gasteiger partial charge >= 0.3 is 5.97 Å². The molecule has 13 N–H and O–H groups in total. The molecule has 592 valence electrons. The van der Waals surface area contributed by atoms with Crippen LogP contribution >= 0.6 is 0 Å². The van der Waals surface area contributed by atoms with Gasteiger partial charge in [-0.3, -0.25) is 39.0 Å². The number of aromatic nitrogens is 11. The van der Waals surface area contributed by atoms with Crippen LogP contribution in [-0.4, -0.2) is 238 Å². The predicted molar refractivity (Wildman–Crippen MR) is 411 cm³/mol. The lowest BCUT2D eigenvalue weighted by atomic mass is 10.0. The molecule has 0 spiro atoms. The van der Waals surface area contributed by atoms with Crippen molar-refractivity contribution in [2.24, 2.45) is 5.73 Å². The highest BCUT2D eigenvalue weighted by atomic mass is 16.6. The molecule has 0 aliphatic carbocycles. The van der Waals surface area contributed by atoms with Crippen molar-refractivity contribution in [3.05, 3.63) is 133 Å². The van der Waals surface area contributed by atoms with E-state index in [1.54, 1.807) is 43.6 Å². The first-order valence-corrected chi connectivity index (χ1v) is 37.0. The van der Waals surface area contributed by atoms with Crippen molar-refractivity contribution < 1.29 is 76.6 Å². The van der Waals surface area contributed by atoms with Gasteiger partial charge in [0.15, 0.2) is 29.3 Å². The minimum Gasteiger partial charge on any atom is -0.490 e. The average molecular weight is 1550 g/mol. The zero-order valence-electron chi connectivity index (χ0n) is 62.0. The van der Waals surface area contributed by atoms with Gasteiger partial charge in [0.2, 0.25) is 35.4 Å². The Hall–Kier alpha value is -12.5. The van der Waals surface area contributed by atoms with Gasteiger partial charge in [0.05, 0.1) is 103 Å². The molecule has 4 aromatic heterocycles. The van der Waals surface area contributed by atoms with Crippen LogP contribution in [0.15, 0.2) is 121 Å². The first-order valence-electron chi connectivity index (χ1n) is 37.0. The molecule has 1 fully saturated rings. The molecule has 3 aliphatic heterocycles. The van der Waals surface area contributed by atoms with Crippen LogP contribution in [-0.2, 0) is 81.6 Å². The number of guanidine groups is 1. The lowest BCUT2D eigenvalue weighted by Crippen LogP contribution is -2.58. The number of carbonyl (C=O) groups is 7. The molecule has 3 aliphatic rings. The Bertz CT molecular complexity index is 5040. The van der Waals surface area contributed by atoms with E-state index in [0.29, 0.717) is 113 Å². The maximum absolute atomic E-state index is 14.2. The summed E-state index contributed by atoms with van der Waals surface area (Å²) in [5.74, 6) is -3.84. The number of ether oxygens (including phenoxy) is 8. The molecule has 1 saturated heterocycles. The lowest BCUT2D eigenvalue weighted by molar-refractivity contribution is -0.141. The van der Waals surface area contributed by atoms with Crippen LogP contribution in [0.4, 0.5) is 0 Å². The number of aliphatic carboxylic acids is 1. The van der Waals surface area contributed by atoms with E-state index >= 15 is 0 Å². The fourth-order valence-corrected chi connectivity index (χ4v) is 12.7. The normalized spacial score (nSPS) is 15.8. The molecular formula is C77H88N20O16. The molecule has 5 aromatic carbocycles. The smallest absolute Gasteiger partial charge is 0.305 e. The van der Waals surface area contributed by atoms with E-state index in [9.17, 15) is 38.7 Å². The summed E-state index contributed by atoms with van der Waals surface area (Å²) in [4.78, 5) is 131. The fourth-order valence-electron chi connectivity index (χ4n) is 12.7. The summed E-state index contributed by atoms with van der Waals surface area (Å²) < 4.78 is 48.6. The molecule has 6 amide bonds. The van der Waals surface area contributed by atoms with Gasteiger partial charge in [-0.2, -0.15) is 0 Å². The Balaban J connectivity index is 0.631. The van der Waals surface area contributed by atoms with Gasteiger partial charge in [0, 0.05) is 59.3 Å². The van der Waals surface area contributed by atoms with Crippen molar-refractivity contribution >= 4 is 91.5 Å². The van der Waals surface area contributed by atoms with Gasteiger partial charge in [0.1, 0.15) is 83.7 Å². The highest BCUT2D eigenvalue weighted by molar-refractivity contribution is 6.07. The molecule has 8 bridgehead atoms. The number of carbonyl (C=O) groups excluding carboxylic acids is 6. The Labute approximate surface area is 646 Å². The summed E-state index contributed by atoms with van der Waals surface area (Å²) in [6, 6.07) is 30.3. The fraction of sp³-hybridized carbons (Fsp3) is 0.377. The number of nitrogens with zero attached hydrogens (tertiary/aromatic N) is 9. The largest absolute Gasteiger partial charge is 0.490 e. The van der Waals surface area contributed by atoms with Crippen molar-refractivity contribution in [2.45, 2.75) is 82.3 Å². The number of amides is 6. The van der Waals surface area contributed by atoms with Crippen LogP contribution in [0, 0.1) is 5.41 Å². The summed E-state index contributed by atoms with van der Waals surface area (Å²) in [6.45, 7) is 3.00. The topological polar surface area (TPSA) is 487 Å². The molecule has 0 radical (unpaired) electrons. The van der Waals surface area contributed by atoms with Crippen LogP contribution < -0.4 is 52.4 Å². The Morgan fingerprint density at radius 1 is 0.522 bits per heavy atom. The van der Waals surface area contributed by atoms with Gasteiger partial charge in [-0.1, -0.05) is 108 Å². The zero-order chi connectivity index (χ0) is 78.8. The molecule has 12 rings (SSSR count). The summed E-state index contributed by atoms with van der Waals surface area (Å²) in [6.07, 6.45) is 1.50. The third-order valence-corrected chi connectivity index (χ3v) is 18.1. The Morgan fingerprint density at radius 2 is 0.991 bits per heavy atom. The molecule has 7 heterocycles. The number of H-pyrrole nitrogens is 2. The minimum absolute atomic E-state index is 0.00724. The van der Waals surface area contributed by atoms with Crippen LogP contribution in [0.5, 0.6) is 11.5 Å². The van der Waals surface area contributed by atoms with Crippen LogP contribution in [0.3, 0.4) is 0 Å². The van der Waals surface area contributed by atoms with Gasteiger partial charge in [0.25, 0.3) is 0 Å². The summed E-state index contributed by atoms with van der Waals surface area (Å²) in [5, 5.41) is 46.7. The van der Waals surface area contributed by atoms with E-state index in [1.807, 2.05) is 84.9 Å². The number of benzene rings is 5. The summed E-state index contributed by atoms with van der Waals surface area (Å²) >= 11 is 0. The van der Waals surface area contributed by atoms with Crippen molar-refractivity contribution in [3.63, 3.8) is 0 Å². The molecule has 4 atom stereocenters. The van der Waals surface area contributed by atoms with Crippen molar-refractivity contribution in [1.29, 1.82) is 5.41 Å². The number of nitrogens with two attached hydrogens (primary N) is 1. The van der Waals surface area contributed by atoms with E-state index < -0.39 is 72.6 Å². The quantitative estimate of drug-likeness (QED) is 0.0151. The number of methoxy groups -OCH3 is 1. The average Bonchev–Trinajstić information content (AvgIpc) is 1.60. The molecule has 36 heteroatoms. The molecule has 9 aromatic rings. The number of rotatable bonds is 37. The van der Waals surface area contributed by atoms with Crippen LogP contribution in [0.2, 0.25) is 0 Å². The van der Waals surface area contributed by atoms with Gasteiger partial charge in [-0.15, -0.1) is 5.10 Å². The van der Waals surface area contributed by atoms with Gasteiger partial charge in [-0.05, 0) is 49.8 Å². The predicted octanol–water partition coefficient (Wildman–Crippen LogP) is 3.48. The third kappa shape index (κ3) is 22.0. The van der Waals surface area contributed by atoms with Crippen molar-refractivity contribution in [3.8, 4) is 57.1 Å². The lowest BCUT2D eigenvalue weighted by Gasteiger charge is -2.26. The molecule has 113 heavy (non-hydrogen) atoms. The van der Waals surface area contributed by atoms with Crippen LogP contribution in [0.25, 0.3) is 89.7 Å². The maximum Gasteiger partial charge on any atom is 0.305 e. The SMILES string of the molecule is COCCOCCOCCOc1ccc(OCCOCCOCCOCc2cn(CC(=O)NCCCC[C@@H]3NC(=O)[C@@H](Cc4ccccc4)NC(=O)[C@H](CC(=O)O)NC(=O)CNC(=O)[C@H](CCCNC(=N)N)NC3=O)nn2)c2c1-c1nc-2nc2[nH]c(nc3nc(nc4[nH]c(n1)c1ccccc41)-c1ccccc1-3)c1ccccc21. The molecule has 0 saturated carbocycles. The number of aromatic amines is 2. The number of nitrogens with one attached hydrogen (secondary N) is 10. The van der Waals surface area contributed by atoms with E-state index in [2.05, 4.69) is 57.5 Å². The Morgan fingerprint density at radius 3 is 1.55 bits per heavy atom. The standard InChI is InChI=1S/C77H88N20O16/c1-106-28-29-107-30-32-109-36-38-112-58-24-25-59(64-63(58)71-92-69-52-20-9-7-18-50(52)67(90-69)88-65-48-16-5-6-17-49(48)66(87-65)89-68-51-19-8-10-21-53(51)70(91-68)93-72(64)94-71)113-39-37-110-33-31-108-34-35-111-45-47-43-97(96-95-47)44-61(99)80-26-12-11-22-55-74(103)84-54(23-13-27-81-77(78)79)73(102)82-42-60(98)83-57(41-62(100)101)76(105)86-56(75(104)85-55)40-46-14-3-2-4-15-46/h2-10,14-21,24-25,43,54-57H,11-13,22-23,26-42,44-45H2,1H3,(H,80,99)(H,82,102)(H,83,98)(H,84,103)(H,85,104)(H,86,105)(H,100,101)(H4,78,79,81)(H2,87,88,89,90,91,92,93,94)/t54-,55-,56+,57-/m0/s1. The number of carboxylic acids is 1. The van der Waals surface area contributed by atoms with E-state index in [-0.39, 0.29) is 123 Å². The number of fused-ring (bicyclic) bond motifs is 20. The second kappa shape index (κ2) is 39.9. The highest BCUT2D eigenvalue weighted by Crippen LogP contribution is 2.47. The molecule has 36 nitrogen and oxygen atoms in total. The summed E-state index contributed by atoms with van der Waals surface area (Å²) in [5.41, 5.74) is 11.3. The van der Waals surface area contributed by atoms with Gasteiger partial charge in [-0.25, -0.2) is 34.6 Å². The van der Waals surface area contributed by atoms with E-state index in [0.717, 1.165) is 32.7 Å². The number of unbranched alkanes of at least 4 members (excludes halogenated alkanes) is 1. The second-order valence-electron chi connectivity index (χ2n) is 26.3. The second-order valence-corrected chi connectivity index (χ2v) is 26.3. The van der Waals surface area contributed by atoms with Crippen molar-refractivity contribution in [2.75, 3.05) is 106 Å². The monoisotopic (exact) mass is 1550 g/mol. The maximum atomic E-state index is 14.2. The minimum atomic E-state index is -1.64.